The molecule has 46 heavy (non-hydrogen) atoms. The van der Waals surface area contributed by atoms with Crippen LogP contribution < -0.4 is 15.9 Å². The van der Waals surface area contributed by atoms with E-state index in [2.05, 4.69) is 97.1 Å². The topological polar surface area (TPSA) is 33.1 Å². The summed E-state index contributed by atoms with van der Waals surface area (Å²) in [6.07, 6.45) is 0. The molecule has 0 aliphatic rings. The molecule has 0 aliphatic heterocycles. The minimum atomic E-state index is -1.33. The molecule has 1 aromatic heterocycles. The van der Waals surface area contributed by atoms with Crippen molar-refractivity contribution in [3.05, 3.63) is 217 Å². The zero-order chi connectivity index (χ0) is 30.7. The van der Waals surface area contributed by atoms with E-state index in [-0.39, 0.29) is 21.1 Å². The van der Waals surface area contributed by atoms with Crippen molar-refractivity contribution in [2.24, 2.45) is 0 Å². The van der Waals surface area contributed by atoms with Crippen molar-refractivity contribution in [2.75, 3.05) is 0 Å². The van der Waals surface area contributed by atoms with Gasteiger partial charge in [-0.3, -0.25) is 4.98 Å². The maximum absolute atomic E-state index is 11.8. The molecule has 0 spiro atoms. The molecule has 0 fully saturated rings. The van der Waals surface area contributed by atoms with E-state index in [9.17, 15) is 5.11 Å². The first kappa shape index (κ1) is 32.9. The van der Waals surface area contributed by atoms with Crippen LogP contribution in [0.2, 0.25) is 0 Å². The molecule has 0 saturated heterocycles. The molecule has 2 nitrogen and oxygen atoms in total. The zero-order valence-electron chi connectivity index (χ0n) is 25.2. The Morgan fingerprint density at radius 1 is 0.457 bits per heavy atom. The van der Waals surface area contributed by atoms with Crippen molar-refractivity contribution in [3.63, 3.8) is 0 Å². The van der Waals surface area contributed by atoms with Crippen LogP contribution in [-0.4, -0.2) is 10.1 Å². The Morgan fingerprint density at radius 3 is 1.28 bits per heavy atom. The van der Waals surface area contributed by atoms with Crippen LogP contribution in [0.1, 0.15) is 16.8 Å². The first-order valence-electron chi connectivity index (χ1n) is 15.0. The Bertz CT molecular complexity index is 1760. The molecule has 4 heteroatoms. The van der Waals surface area contributed by atoms with Gasteiger partial charge in [0.05, 0.1) is 13.6 Å². The van der Waals surface area contributed by atoms with Crippen LogP contribution in [0.15, 0.2) is 194 Å². The first-order valence-corrected chi connectivity index (χ1v) is 16.5. The van der Waals surface area contributed by atoms with Gasteiger partial charge in [-0.1, -0.05) is 127 Å². The summed E-state index contributed by atoms with van der Waals surface area (Å²) in [5, 5.41) is 16.1. The number of hydrogen-bond acceptors (Lipinski definition) is 2. The van der Waals surface area contributed by atoms with Crippen molar-refractivity contribution in [3.8, 4) is 11.3 Å². The largest absolute Gasteiger partial charge is 0.374 e. The second-order valence-electron chi connectivity index (χ2n) is 10.6. The fourth-order valence-corrected chi connectivity index (χ4v) is 8.05. The van der Waals surface area contributed by atoms with Crippen molar-refractivity contribution in [1.82, 2.24) is 4.98 Å². The van der Waals surface area contributed by atoms with Crippen LogP contribution in [0.4, 0.5) is 0 Å². The number of rotatable bonds is 7. The smallest absolute Gasteiger partial charge is 0.156 e. The average molecular weight is 795 g/mol. The summed E-state index contributed by atoms with van der Waals surface area (Å²) in [5.74, 6) is 0. The number of aromatic nitrogens is 1. The molecule has 7 aromatic rings. The summed E-state index contributed by atoms with van der Waals surface area (Å²) in [7, 11) is -0.877. The molecule has 0 saturated carbocycles. The predicted octanol–water partition coefficient (Wildman–Crippen LogP) is 8.01. The molecule has 6 aromatic carbocycles. The minimum Gasteiger partial charge on any atom is -0.374 e. The van der Waals surface area contributed by atoms with Crippen LogP contribution >= 0.6 is 7.92 Å². The minimum absolute atomic E-state index is 0. The molecule has 7 rings (SSSR count). The van der Waals surface area contributed by atoms with Gasteiger partial charge in [0.25, 0.3) is 0 Å². The van der Waals surface area contributed by atoms with Gasteiger partial charge in [-0.05, 0) is 59.3 Å². The first-order chi connectivity index (χ1) is 22.2. The van der Waals surface area contributed by atoms with Crippen LogP contribution in [0.5, 0.6) is 0 Å². The molecule has 0 amide bonds. The van der Waals surface area contributed by atoms with E-state index in [1.54, 1.807) is 0 Å². The fraction of sp³-hybridized carbons (Fsp3) is 0.0238. The van der Waals surface area contributed by atoms with E-state index >= 15 is 0 Å². The summed E-state index contributed by atoms with van der Waals surface area (Å²) in [6.45, 7) is 0. The maximum atomic E-state index is 11.8. The molecular weight excluding hydrogens is 761 g/mol. The van der Waals surface area contributed by atoms with Crippen molar-refractivity contribution >= 4 is 23.8 Å². The predicted molar refractivity (Wildman–Crippen MR) is 190 cm³/mol. The summed E-state index contributed by atoms with van der Waals surface area (Å²) in [4.78, 5) is 4.79. The van der Waals surface area contributed by atoms with E-state index < -0.39 is 13.5 Å². The van der Waals surface area contributed by atoms with Gasteiger partial charge in [0, 0.05) is 21.1 Å². The van der Waals surface area contributed by atoms with Gasteiger partial charge in [0.1, 0.15) is 15.9 Å². The van der Waals surface area contributed by atoms with Crippen LogP contribution in [-0.2, 0) is 26.7 Å². The Hall–Kier alpha value is -4.45. The normalized spacial score (nSPS) is 10.7. The molecule has 0 atom stereocenters. The SMILES string of the molecule is OC(c1ccccc1)(c1ccccc1)c1cccc(-c2[c-]cccc2)n1.[Pt].c1ccc([PH+](c2ccccc2)c2ccccc2)cc1. The van der Waals surface area contributed by atoms with E-state index in [0.29, 0.717) is 5.69 Å². The Kier molecular flexibility index (Phi) is 11.6. The summed E-state index contributed by atoms with van der Waals surface area (Å²) in [6, 6.07) is 68.5. The van der Waals surface area contributed by atoms with Gasteiger partial charge in [0.15, 0.2) is 5.60 Å². The number of pyridine rings is 1. The number of nitrogens with zero attached hydrogens (tertiary/aromatic N) is 1. The van der Waals surface area contributed by atoms with E-state index in [4.69, 9.17) is 4.98 Å². The standard InChI is InChI=1S/C24H18NO.C18H15P.Pt/c26-24(20-13-6-2-7-14-20,21-15-8-3-9-16-21)23-18-10-17-22(25-23)19-11-4-1-5-12-19;1-4-10-16(11-5-1)19(17-12-6-2-7-13-17)18-14-8-3-9-15-18;/h1-11,13-18,26H;1-15H;/q-1;;/p+1. The third-order valence-corrected chi connectivity index (χ3v) is 10.4. The van der Waals surface area contributed by atoms with Gasteiger partial charge in [-0.25, -0.2) is 0 Å². The van der Waals surface area contributed by atoms with Gasteiger partial charge < -0.3 is 5.11 Å². The summed E-state index contributed by atoms with van der Waals surface area (Å²) >= 11 is 0. The van der Waals surface area contributed by atoms with Crippen LogP contribution in [0.25, 0.3) is 11.3 Å². The second-order valence-corrected chi connectivity index (χ2v) is 13.1. The second kappa shape index (κ2) is 16.2. The zero-order valence-corrected chi connectivity index (χ0v) is 28.5. The summed E-state index contributed by atoms with van der Waals surface area (Å²) < 4.78 is 0. The molecule has 0 radical (unpaired) electrons. The molecule has 0 aliphatic carbocycles. The van der Waals surface area contributed by atoms with E-state index in [1.165, 1.54) is 15.9 Å². The number of hydrogen-bond donors (Lipinski definition) is 1. The molecule has 1 N–H and O–H groups in total. The van der Waals surface area contributed by atoms with Gasteiger partial charge in [0.2, 0.25) is 0 Å². The third kappa shape index (κ3) is 7.67. The third-order valence-electron chi connectivity index (χ3n) is 7.68. The number of benzene rings is 6. The quantitative estimate of drug-likeness (QED) is 0.131. The van der Waals surface area contributed by atoms with Crippen molar-refractivity contribution in [2.45, 2.75) is 5.60 Å². The van der Waals surface area contributed by atoms with Gasteiger partial charge >= 0.3 is 0 Å². The van der Waals surface area contributed by atoms with Crippen molar-refractivity contribution in [1.29, 1.82) is 0 Å². The molecule has 1 heterocycles. The molecular formula is C42H34NOPPt. The monoisotopic (exact) mass is 794 g/mol. The van der Waals surface area contributed by atoms with Crippen LogP contribution in [0.3, 0.4) is 0 Å². The maximum Gasteiger partial charge on any atom is 0.156 e. The Morgan fingerprint density at radius 2 is 0.870 bits per heavy atom. The van der Waals surface area contributed by atoms with Gasteiger partial charge in [-0.15, -0.1) is 35.9 Å². The molecule has 228 valence electrons. The van der Waals surface area contributed by atoms with E-state index in [0.717, 1.165) is 22.4 Å². The fourth-order valence-electron chi connectivity index (χ4n) is 5.47. The number of aliphatic hydroxyl groups is 1. The van der Waals surface area contributed by atoms with E-state index in [1.807, 2.05) is 103 Å². The van der Waals surface area contributed by atoms with Gasteiger partial charge in [-0.2, -0.15) is 0 Å². The Balaban J connectivity index is 0.000000186. The van der Waals surface area contributed by atoms with Crippen molar-refractivity contribution < 1.29 is 26.2 Å². The Labute approximate surface area is 287 Å². The molecule has 0 unspecified atom stereocenters. The summed E-state index contributed by atoms with van der Waals surface area (Å²) in [5.41, 5.74) is 2.52. The van der Waals surface area contributed by atoms with Crippen LogP contribution in [0, 0.1) is 6.07 Å². The molecule has 0 bridgehead atoms. The average Bonchev–Trinajstić information content (AvgIpc) is 3.14.